The number of carbonyl (C=O) groups excluding carboxylic acids is 1. The Bertz CT molecular complexity index is 1140. The van der Waals surface area contributed by atoms with Crippen LogP contribution in [0, 0.1) is 5.82 Å². The highest BCUT2D eigenvalue weighted by Crippen LogP contribution is 2.36. The Labute approximate surface area is 196 Å². The zero-order chi connectivity index (χ0) is 22.8. The lowest BCUT2D eigenvalue weighted by Crippen LogP contribution is -2.38. The zero-order valence-electron chi connectivity index (χ0n) is 17.9. The van der Waals surface area contributed by atoms with Crippen molar-refractivity contribution in [3.8, 4) is 0 Å². The highest BCUT2D eigenvalue weighted by molar-refractivity contribution is 6.41. The Morgan fingerprint density at radius 2 is 1.91 bits per heavy atom. The lowest BCUT2D eigenvalue weighted by atomic mass is 9.88. The fraction of sp³-hybridized carbons (Fsp3) is 0.375. The number of ether oxygens (including phenoxy) is 1. The van der Waals surface area contributed by atoms with Gasteiger partial charge < -0.3 is 19.9 Å². The first-order valence-corrected chi connectivity index (χ1v) is 11.4. The number of carbonyl (C=O) groups is 1. The molecule has 1 aromatic heterocycles. The van der Waals surface area contributed by atoms with Crippen molar-refractivity contribution in [3.63, 3.8) is 0 Å². The summed E-state index contributed by atoms with van der Waals surface area (Å²) in [6, 6.07) is 8.49. The molecule has 1 saturated heterocycles. The highest BCUT2D eigenvalue weighted by Gasteiger charge is 2.29. The van der Waals surface area contributed by atoms with E-state index < -0.39 is 0 Å². The maximum Gasteiger partial charge on any atom is 0.256 e. The van der Waals surface area contributed by atoms with Crippen LogP contribution in [0.1, 0.15) is 40.2 Å². The quantitative estimate of drug-likeness (QED) is 0.529. The van der Waals surface area contributed by atoms with Crippen molar-refractivity contribution in [3.05, 3.63) is 69.1 Å². The van der Waals surface area contributed by atoms with Crippen LogP contribution in [0.4, 0.5) is 4.39 Å². The smallest absolute Gasteiger partial charge is 0.256 e. The third-order valence-corrected chi connectivity index (χ3v) is 6.82. The molecule has 1 fully saturated rings. The number of hydrogen-bond donors (Lipinski definition) is 1. The van der Waals surface area contributed by atoms with Gasteiger partial charge in [0.1, 0.15) is 5.82 Å². The number of aromatic nitrogens is 1. The van der Waals surface area contributed by atoms with Crippen LogP contribution in [0.25, 0.3) is 10.9 Å². The molecule has 8 heteroatoms. The minimum Gasteiger partial charge on any atom is -0.383 e. The molecule has 4 rings (SSSR count). The van der Waals surface area contributed by atoms with Gasteiger partial charge in [-0.3, -0.25) is 4.79 Å². The molecule has 170 valence electrons. The molecular weight excluding hydrogens is 452 g/mol. The van der Waals surface area contributed by atoms with E-state index in [1.54, 1.807) is 31.5 Å². The van der Waals surface area contributed by atoms with E-state index in [1.807, 2.05) is 15.5 Å². The van der Waals surface area contributed by atoms with E-state index in [-0.39, 0.29) is 17.6 Å². The molecule has 0 spiro atoms. The molecule has 2 aromatic carbocycles. The number of amides is 1. The minimum atomic E-state index is -0.213. The zero-order valence-corrected chi connectivity index (χ0v) is 19.4. The van der Waals surface area contributed by atoms with Gasteiger partial charge in [0.2, 0.25) is 0 Å². The van der Waals surface area contributed by atoms with Gasteiger partial charge in [0.05, 0.1) is 27.7 Å². The van der Waals surface area contributed by atoms with Crippen LogP contribution in [-0.2, 0) is 17.8 Å². The van der Waals surface area contributed by atoms with Gasteiger partial charge in [-0.2, -0.15) is 0 Å². The number of rotatable bonds is 6. The summed E-state index contributed by atoms with van der Waals surface area (Å²) < 4.78 is 21.5. The predicted octanol–water partition coefficient (Wildman–Crippen LogP) is 5.21. The highest BCUT2D eigenvalue weighted by atomic mass is 35.5. The molecule has 1 aliphatic rings. The number of piperidine rings is 1. The van der Waals surface area contributed by atoms with Crippen molar-refractivity contribution in [1.82, 2.24) is 9.47 Å². The summed E-state index contributed by atoms with van der Waals surface area (Å²) >= 11 is 12.9. The van der Waals surface area contributed by atoms with Crippen LogP contribution < -0.4 is 5.73 Å². The SMILES string of the molecule is COCCn1cc(C(=O)N2CCC(c3cc(CN)ccc3F)CC2)c2c(Cl)ccc(Cl)c21. The third kappa shape index (κ3) is 4.37. The Hall–Kier alpha value is -2.12. The van der Waals surface area contributed by atoms with Gasteiger partial charge >= 0.3 is 0 Å². The Morgan fingerprint density at radius 3 is 2.59 bits per heavy atom. The van der Waals surface area contributed by atoms with Crippen molar-refractivity contribution in [2.75, 3.05) is 26.8 Å². The lowest BCUT2D eigenvalue weighted by Gasteiger charge is -2.32. The van der Waals surface area contributed by atoms with Gasteiger partial charge in [0, 0.05) is 44.9 Å². The molecule has 0 unspecified atom stereocenters. The summed E-state index contributed by atoms with van der Waals surface area (Å²) in [6.07, 6.45) is 3.18. The van der Waals surface area contributed by atoms with Gasteiger partial charge in [-0.25, -0.2) is 4.39 Å². The Morgan fingerprint density at radius 1 is 1.19 bits per heavy atom. The molecule has 2 heterocycles. The Kier molecular flexibility index (Phi) is 7.05. The molecule has 0 saturated carbocycles. The van der Waals surface area contributed by atoms with Gasteiger partial charge in [0.15, 0.2) is 0 Å². The summed E-state index contributed by atoms with van der Waals surface area (Å²) in [5, 5.41) is 1.68. The first kappa shape index (κ1) is 23.1. The van der Waals surface area contributed by atoms with Crippen molar-refractivity contribution in [2.24, 2.45) is 5.73 Å². The van der Waals surface area contributed by atoms with Crippen LogP contribution in [-0.4, -0.2) is 42.2 Å². The van der Waals surface area contributed by atoms with E-state index >= 15 is 0 Å². The molecule has 3 aromatic rings. The van der Waals surface area contributed by atoms with Gasteiger partial charge in [0.25, 0.3) is 5.91 Å². The van der Waals surface area contributed by atoms with E-state index in [0.29, 0.717) is 72.2 Å². The fourth-order valence-electron chi connectivity index (χ4n) is 4.49. The van der Waals surface area contributed by atoms with Crippen LogP contribution in [0.5, 0.6) is 0 Å². The van der Waals surface area contributed by atoms with E-state index in [1.165, 1.54) is 6.07 Å². The standard InChI is InChI=1S/C24H26Cl2FN3O2/c1-32-11-10-30-14-18(22-19(25)3-4-20(26)23(22)30)24(31)29-8-6-16(7-9-29)17-12-15(13-28)2-5-21(17)27/h2-5,12,14,16H,6-11,13,28H2,1H3. The maximum atomic E-state index is 14.4. The number of fused-ring (bicyclic) bond motifs is 1. The van der Waals surface area contributed by atoms with Gasteiger partial charge in [-0.15, -0.1) is 0 Å². The molecule has 32 heavy (non-hydrogen) atoms. The minimum absolute atomic E-state index is 0.0617. The molecule has 0 bridgehead atoms. The van der Waals surface area contributed by atoms with Crippen LogP contribution in [0.3, 0.4) is 0 Å². The van der Waals surface area contributed by atoms with Crippen molar-refractivity contribution in [1.29, 1.82) is 0 Å². The number of likely N-dealkylation sites (tertiary alicyclic amines) is 1. The Balaban J connectivity index is 1.58. The third-order valence-electron chi connectivity index (χ3n) is 6.20. The van der Waals surface area contributed by atoms with Crippen molar-refractivity contribution >= 4 is 40.0 Å². The summed E-state index contributed by atoms with van der Waals surface area (Å²) in [5.74, 6) is -0.244. The number of nitrogens with zero attached hydrogens (tertiary/aromatic N) is 2. The van der Waals surface area contributed by atoms with E-state index in [2.05, 4.69) is 0 Å². The molecule has 1 aliphatic heterocycles. The maximum absolute atomic E-state index is 14.4. The molecule has 0 aliphatic carbocycles. The first-order chi connectivity index (χ1) is 15.4. The van der Waals surface area contributed by atoms with E-state index in [0.717, 1.165) is 11.1 Å². The average molecular weight is 478 g/mol. The van der Waals surface area contributed by atoms with Crippen molar-refractivity contribution < 1.29 is 13.9 Å². The topological polar surface area (TPSA) is 60.5 Å². The van der Waals surface area contributed by atoms with Gasteiger partial charge in [-0.05, 0) is 48.1 Å². The number of halogens is 3. The number of nitrogens with two attached hydrogens (primary N) is 1. The molecule has 2 N–H and O–H groups in total. The fourth-order valence-corrected chi connectivity index (χ4v) is 5.01. The average Bonchev–Trinajstić information content (AvgIpc) is 3.21. The monoisotopic (exact) mass is 477 g/mol. The number of benzene rings is 2. The van der Waals surface area contributed by atoms with Crippen LogP contribution in [0.15, 0.2) is 36.5 Å². The van der Waals surface area contributed by atoms with Crippen LogP contribution in [0.2, 0.25) is 10.0 Å². The van der Waals surface area contributed by atoms with Crippen LogP contribution >= 0.6 is 23.2 Å². The second-order valence-electron chi connectivity index (χ2n) is 8.11. The molecule has 0 atom stereocenters. The second-order valence-corrected chi connectivity index (χ2v) is 8.92. The first-order valence-electron chi connectivity index (χ1n) is 10.7. The summed E-state index contributed by atoms with van der Waals surface area (Å²) in [5.41, 5.74) is 8.58. The number of methoxy groups -OCH3 is 1. The van der Waals surface area contributed by atoms with Gasteiger partial charge in [-0.1, -0.05) is 35.3 Å². The molecule has 5 nitrogen and oxygen atoms in total. The molecular formula is C24H26Cl2FN3O2. The van der Waals surface area contributed by atoms with E-state index in [9.17, 15) is 9.18 Å². The molecule has 1 amide bonds. The summed E-state index contributed by atoms with van der Waals surface area (Å²) in [6.45, 7) is 2.50. The largest absolute Gasteiger partial charge is 0.383 e. The lowest BCUT2D eigenvalue weighted by molar-refractivity contribution is 0.0714. The number of hydrogen-bond acceptors (Lipinski definition) is 3. The van der Waals surface area contributed by atoms with Crippen molar-refractivity contribution in [2.45, 2.75) is 31.8 Å². The summed E-state index contributed by atoms with van der Waals surface area (Å²) in [7, 11) is 1.63. The summed E-state index contributed by atoms with van der Waals surface area (Å²) in [4.78, 5) is 15.3. The molecule has 0 radical (unpaired) electrons. The normalized spacial score (nSPS) is 15.0. The van der Waals surface area contributed by atoms with E-state index in [4.69, 9.17) is 33.7 Å². The second kappa shape index (κ2) is 9.79. The predicted molar refractivity (Wildman–Crippen MR) is 126 cm³/mol.